The van der Waals surface area contributed by atoms with Gasteiger partial charge in [0, 0.05) is 25.1 Å². The molecule has 6 nitrogen and oxygen atoms in total. The van der Waals surface area contributed by atoms with Crippen LogP contribution in [0, 0.1) is 0 Å². The molecule has 7 heteroatoms. The quantitative estimate of drug-likeness (QED) is 0.814. The number of ether oxygens (including phenoxy) is 1. The Morgan fingerprint density at radius 2 is 2.06 bits per heavy atom. The molecule has 0 aromatic carbocycles. The molecule has 18 heavy (non-hydrogen) atoms. The Morgan fingerprint density at radius 3 is 2.61 bits per heavy atom. The van der Waals surface area contributed by atoms with E-state index in [0.717, 1.165) is 0 Å². The standard InChI is InChI=1S/C11H13N3O3S/c1-17-11(9-4-7-13-8-5-9)10(18(12,15)16)3-2-6-14-11/h2-8,14H,1H3,(H2,12,15,16). The summed E-state index contributed by atoms with van der Waals surface area (Å²) in [5.74, 6) is 0. The third kappa shape index (κ3) is 2.03. The molecule has 0 spiro atoms. The van der Waals surface area contributed by atoms with Gasteiger partial charge in [-0.05, 0) is 30.5 Å². The fourth-order valence-corrected chi connectivity index (χ4v) is 2.80. The van der Waals surface area contributed by atoms with Gasteiger partial charge in [0.1, 0.15) is 4.91 Å². The predicted molar refractivity (Wildman–Crippen MR) is 66.4 cm³/mol. The molecule has 0 saturated carbocycles. The van der Waals surface area contributed by atoms with Crippen molar-refractivity contribution in [2.45, 2.75) is 5.72 Å². The van der Waals surface area contributed by atoms with Crippen molar-refractivity contribution in [3.8, 4) is 0 Å². The summed E-state index contributed by atoms with van der Waals surface area (Å²) in [6.45, 7) is 0. The Kier molecular flexibility index (Phi) is 3.20. The normalized spacial score (nSPS) is 23.3. The van der Waals surface area contributed by atoms with Crippen molar-refractivity contribution in [1.82, 2.24) is 10.3 Å². The Bertz CT molecular complexity index is 595. The highest BCUT2D eigenvalue weighted by molar-refractivity contribution is 7.93. The number of rotatable bonds is 3. The van der Waals surface area contributed by atoms with Crippen LogP contribution < -0.4 is 10.5 Å². The van der Waals surface area contributed by atoms with E-state index >= 15 is 0 Å². The molecule has 1 aliphatic rings. The van der Waals surface area contributed by atoms with E-state index in [-0.39, 0.29) is 4.91 Å². The van der Waals surface area contributed by atoms with Crippen molar-refractivity contribution in [2.75, 3.05) is 7.11 Å². The van der Waals surface area contributed by atoms with Crippen molar-refractivity contribution >= 4 is 10.0 Å². The highest BCUT2D eigenvalue weighted by Gasteiger charge is 2.42. The van der Waals surface area contributed by atoms with Gasteiger partial charge in [-0.2, -0.15) is 0 Å². The molecule has 0 aliphatic carbocycles. The van der Waals surface area contributed by atoms with Crippen LogP contribution in [0.4, 0.5) is 0 Å². The summed E-state index contributed by atoms with van der Waals surface area (Å²) in [7, 11) is -2.48. The van der Waals surface area contributed by atoms with Gasteiger partial charge in [-0.15, -0.1) is 0 Å². The van der Waals surface area contributed by atoms with E-state index in [9.17, 15) is 8.42 Å². The molecular weight excluding hydrogens is 254 g/mol. The highest BCUT2D eigenvalue weighted by Crippen LogP contribution is 2.34. The zero-order valence-electron chi connectivity index (χ0n) is 9.70. The van der Waals surface area contributed by atoms with Crippen molar-refractivity contribution in [2.24, 2.45) is 5.14 Å². The number of methoxy groups -OCH3 is 1. The maximum Gasteiger partial charge on any atom is 0.239 e. The van der Waals surface area contributed by atoms with Crippen LogP contribution >= 0.6 is 0 Å². The number of nitrogens with zero attached hydrogens (tertiary/aromatic N) is 1. The smallest absolute Gasteiger partial charge is 0.239 e. The molecule has 1 aliphatic heterocycles. The molecule has 1 aromatic rings. The van der Waals surface area contributed by atoms with E-state index in [1.54, 1.807) is 36.8 Å². The highest BCUT2D eigenvalue weighted by atomic mass is 32.2. The lowest BCUT2D eigenvalue weighted by Gasteiger charge is -2.35. The van der Waals surface area contributed by atoms with Crippen LogP contribution in [0.1, 0.15) is 5.56 Å². The molecule has 1 unspecified atom stereocenters. The van der Waals surface area contributed by atoms with Crippen molar-refractivity contribution in [1.29, 1.82) is 0 Å². The molecule has 0 fully saturated rings. The van der Waals surface area contributed by atoms with Gasteiger partial charge < -0.3 is 10.1 Å². The molecule has 96 valence electrons. The summed E-state index contributed by atoms with van der Waals surface area (Å²) in [5, 5.41) is 8.13. The van der Waals surface area contributed by atoms with Crippen molar-refractivity contribution < 1.29 is 13.2 Å². The Morgan fingerprint density at radius 1 is 1.39 bits per heavy atom. The van der Waals surface area contributed by atoms with Crippen molar-refractivity contribution in [3.05, 3.63) is 53.3 Å². The molecule has 0 amide bonds. The maximum absolute atomic E-state index is 11.7. The second kappa shape index (κ2) is 4.52. The van der Waals surface area contributed by atoms with Crippen LogP contribution in [-0.4, -0.2) is 20.5 Å². The number of nitrogens with two attached hydrogens (primary N) is 1. The molecule has 0 saturated heterocycles. The topological polar surface area (TPSA) is 94.3 Å². The van der Waals surface area contributed by atoms with E-state index < -0.39 is 15.7 Å². The zero-order chi connectivity index (χ0) is 13.2. The number of aromatic nitrogens is 1. The number of pyridine rings is 1. The van der Waals surface area contributed by atoms with Gasteiger partial charge in [-0.3, -0.25) is 4.98 Å². The molecule has 0 bridgehead atoms. The lowest BCUT2D eigenvalue weighted by molar-refractivity contribution is 0.00468. The summed E-state index contributed by atoms with van der Waals surface area (Å²) < 4.78 is 28.7. The van der Waals surface area contributed by atoms with Gasteiger partial charge in [0.05, 0.1) is 0 Å². The molecule has 1 aromatic heterocycles. The number of hydrogen-bond acceptors (Lipinski definition) is 5. The first kappa shape index (κ1) is 12.7. The minimum absolute atomic E-state index is 0.0498. The third-order valence-electron chi connectivity index (χ3n) is 2.68. The van der Waals surface area contributed by atoms with Crippen LogP contribution in [0.25, 0.3) is 0 Å². The minimum Gasteiger partial charge on any atom is -0.356 e. The number of hydrogen-bond donors (Lipinski definition) is 2. The van der Waals surface area contributed by atoms with Gasteiger partial charge >= 0.3 is 0 Å². The lowest BCUT2D eigenvalue weighted by atomic mass is 10.0. The van der Waals surface area contributed by atoms with Gasteiger partial charge in [0.2, 0.25) is 15.7 Å². The fourth-order valence-electron chi connectivity index (χ4n) is 1.87. The van der Waals surface area contributed by atoms with Crippen LogP contribution in [0.5, 0.6) is 0 Å². The summed E-state index contributed by atoms with van der Waals surface area (Å²) in [4.78, 5) is 3.84. The monoisotopic (exact) mass is 267 g/mol. The van der Waals surface area contributed by atoms with Crippen molar-refractivity contribution in [3.63, 3.8) is 0 Å². The first-order valence-electron chi connectivity index (χ1n) is 5.14. The minimum atomic E-state index is -3.89. The average molecular weight is 267 g/mol. The molecule has 0 radical (unpaired) electrons. The lowest BCUT2D eigenvalue weighted by Crippen LogP contribution is -2.47. The summed E-state index contributed by atoms with van der Waals surface area (Å²) in [5.41, 5.74) is -0.713. The van der Waals surface area contributed by atoms with E-state index in [2.05, 4.69) is 10.3 Å². The summed E-state index contributed by atoms with van der Waals surface area (Å²) in [6, 6.07) is 3.32. The molecule has 2 rings (SSSR count). The van der Waals surface area contributed by atoms with Crippen LogP contribution in [0.3, 0.4) is 0 Å². The zero-order valence-corrected chi connectivity index (χ0v) is 10.5. The van der Waals surface area contributed by atoms with E-state index in [1.165, 1.54) is 13.2 Å². The maximum atomic E-state index is 11.7. The molecule has 2 heterocycles. The number of allylic oxidation sites excluding steroid dienone is 2. The second-order valence-corrected chi connectivity index (χ2v) is 5.23. The molecule has 1 atom stereocenters. The van der Waals surface area contributed by atoms with Crippen LogP contribution in [0.2, 0.25) is 0 Å². The van der Waals surface area contributed by atoms with Crippen LogP contribution in [-0.2, 0) is 20.5 Å². The second-order valence-electron chi connectivity index (χ2n) is 3.70. The Labute approximate surface area is 105 Å². The molecule has 3 N–H and O–H groups in total. The fraction of sp³-hybridized carbons (Fsp3) is 0.182. The first-order chi connectivity index (χ1) is 8.50. The summed E-state index contributed by atoms with van der Waals surface area (Å²) >= 11 is 0. The van der Waals surface area contributed by atoms with Gasteiger partial charge in [0.25, 0.3) is 0 Å². The number of sulfonamides is 1. The first-order valence-corrected chi connectivity index (χ1v) is 6.69. The Hall–Kier alpha value is -1.70. The number of dihydropyridines is 1. The van der Waals surface area contributed by atoms with E-state index in [1.807, 2.05) is 0 Å². The van der Waals surface area contributed by atoms with Gasteiger partial charge in [0.15, 0.2) is 0 Å². The SMILES string of the molecule is COC1(c2ccncc2)NC=CC=C1S(N)(=O)=O. The van der Waals surface area contributed by atoms with Crippen LogP contribution in [0.15, 0.2) is 47.8 Å². The average Bonchev–Trinajstić information content (AvgIpc) is 2.38. The number of nitrogens with one attached hydrogen (secondary N) is 1. The number of primary sulfonamides is 1. The predicted octanol–water partition coefficient (Wildman–Crippen LogP) is 0.170. The largest absolute Gasteiger partial charge is 0.356 e. The van der Waals surface area contributed by atoms with Gasteiger partial charge in [-0.1, -0.05) is 0 Å². The van der Waals surface area contributed by atoms with E-state index in [0.29, 0.717) is 5.56 Å². The van der Waals surface area contributed by atoms with E-state index in [4.69, 9.17) is 9.88 Å². The van der Waals surface area contributed by atoms with Gasteiger partial charge in [-0.25, -0.2) is 13.6 Å². The Balaban J connectivity index is 2.64. The third-order valence-corrected chi connectivity index (χ3v) is 3.71. The summed E-state index contributed by atoms with van der Waals surface area (Å²) in [6.07, 6.45) is 7.67. The molecular formula is C11H13N3O3S.